The summed E-state index contributed by atoms with van der Waals surface area (Å²) in [5.41, 5.74) is 0.739. The van der Waals surface area contributed by atoms with Gasteiger partial charge in [0, 0.05) is 12.2 Å². The van der Waals surface area contributed by atoms with Gasteiger partial charge in [0.15, 0.2) is 0 Å². The average Bonchev–Trinajstić information content (AvgIpc) is 2.38. The molecule has 6 heteroatoms. The lowest BCUT2D eigenvalue weighted by atomic mass is 10.1. The predicted octanol–water partition coefficient (Wildman–Crippen LogP) is 3.92. The molecule has 0 fully saturated rings. The molecule has 0 heterocycles. The number of halogens is 2. The first-order chi connectivity index (χ1) is 9.34. The van der Waals surface area contributed by atoms with E-state index in [1.807, 2.05) is 0 Å². The van der Waals surface area contributed by atoms with Gasteiger partial charge in [0.2, 0.25) is 9.84 Å². The van der Waals surface area contributed by atoms with Gasteiger partial charge < -0.3 is 5.32 Å². The maximum absolute atomic E-state index is 12.3. The molecule has 0 aliphatic carbocycles. The Kier molecular flexibility index (Phi) is 6.39. The fraction of sp³-hybridized carbons (Fsp3) is 0.571. The largest absolute Gasteiger partial charge is 0.385 e. The van der Waals surface area contributed by atoms with Crippen LogP contribution in [0.2, 0.25) is 0 Å². The molecule has 0 amide bonds. The van der Waals surface area contributed by atoms with E-state index >= 15 is 0 Å². The summed E-state index contributed by atoms with van der Waals surface area (Å²) >= 11 is 0. The van der Waals surface area contributed by atoms with Crippen LogP contribution in [0, 0.1) is 5.92 Å². The summed E-state index contributed by atoms with van der Waals surface area (Å²) in [7, 11) is -4.49. The SMILES string of the molecule is CC(C)CCCCNc1ccc(S(=O)(=O)C(F)F)cc1. The van der Waals surface area contributed by atoms with Gasteiger partial charge in [-0.2, -0.15) is 8.78 Å². The number of unbranched alkanes of at least 4 members (excludes halogenated alkanes) is 1. The monoisotopic (exact) mass is 305 g/mol. The van der Waals surface area contributed by atoms with Crippen LogP contribution in [0.3, 0.4) is 0 Å². The Morgan fingerprint density at radius 2 is 1.70 bits per heavy atom. The van der Waals surface area contributed by atoms with Crippen LogP contribution in [0.15, 0.2) is 29.2 Å². The van der Waals surface area contributed by atoms with E-state index in [0.717, 1.165) is 25.1 Å². The van der Waals surface area contributed by atoms with E-state index in [1.54, 1.807) is 0 Å². The van der Waals surface area contributed by atoms with Gasteiger partial charge in [-0.15, -0.1) is 0 Å². The highest BCUT2D eigenvalue weighted by atomic mass is 32.2. The number of nitrogens with one attached hydrogen (secondary N) is 1. The van der Waals surface area contributed by atoms with Crippen molar-refractivity contribution in [1.82, 2.24) is 0 Å². The zero-order valence-electron chi connectivity index (χ0n) is 11.8. The lowest BCUT2D eigenvalue weighted by Crippen LogP contribution is -2.11. The number of sulfone groups is 1. The fourth-order valence-electron chi connectivity index (χ4n) is 1.78. The third kappa shape index (κ3) is 5.07. The van der Waals surface area contributed by atoms with Crippen molar-refractivity contribution in [2.45, 2.75) is 43.8 Å². The normalized spacial score (nSPS) is 12.1. The lowest BCUT2D eigenvalue weighted by Gasteiger charge is -2.08. The number of hydrogen-bond acceptors (Lipinski definition) is 3. The van der Waals surface area contributed by atoms with E-state index in [-0.39, 0.29) is 4.90 Å². The maximum atomic E-state index is 12.3. The van der Waals surface area contributed by atoms with Crippen LogP contribution < -0.4 is 5.32 Å². The van der Waals surface area contributed by atoms with Crippen molar-refractivity contribution in [2.24, 2.45) is 5.92 Å². The second kappa shape index (κ2) is 7.57. The minimum Gasteiger partial charge on any atom is -0.385 e. The molecular weight excluding hydrogens is 284 g/mol. The van der Waals surface area contributed by atoms with E-state index in [1.165, 1.54) is 30.7 Å². The molecule has 114 valence electrons. The number of anilines is 1. The minimum absolute atomic E-state index is 0.349. The fourth-order valence-corrected chi connectivity index (χ4v) is 2.50. The third-order valence-electron chi connectivity index (χ3n) is 2.95. The molecule has 0 saturated heterocycles. The zero-order valence-corrected chi connectivity index (χ0v) is 12.6. The van der Waals surface area contributed by atoms with Crippen molar-refractivity contribution in [3.8, 4) is 0 Å². The van der Waals surface area contributed by atoms with E-state index < -0.39 is 15.6 Å². The van der Waals surface area contributed by atoms with Crippen LogP contribution in [0.4, 0.5) is 14.5 Å². The van der Waals surface area contributed by atoms with Crippen LogP contribution >= 0.6 is 0 Å². The van der Waals surface area contributed by atoms with Crippen molar-refractivity contribution >= 4 is 15.5 Å². The van der Waals surface area contributed by atoms with E-state index in [0.29, 0.717) is 5.92 Å². The van der Waals surface area contributed by atoms with Gasteiger partial charge in [-0.3, -0.25) is 0 Å². The van der Waals surface area contributed by atoms with E-state index in [9.17, 15) is 17.2 Å². The molecule has 0 aromatic heterocycles. The Balaban J connectivity index is 2.48. The Labute approximate surface area is 119 Å². The summed E-state index contributed by atoms with van der Waals surface area (Å²) in [5.74, 6) is -2.69. The highest BCUT2D eigenvalue weighted by Crippen LogP contribution is 2.20. The molecule has 0 atom stereocenters. The second-order valence-electron chi connectivity index (χ2n) is 5.15. The van der Waals surface area contributed by atoms with E-state index in [4.69, 9.17) is 0 Å². The van der Waals surface area contributed by atoms with E-state index in [2.05, 4.69) is 19.2 Å². The van der Waals surface area contributed by atoms with Crippen molar-refractivity contribution in [1.29, 1.82) is 0 Å². The molecule has 0 spiro atoms. The molecule has 0 saturated carbocycles. The van der Waals surface area contributed by atoms with Crippen LogP contribution in [-0.4, -0.2) is 20.7 Å². The molecule has 0 radical (unpaired) electrons. The maximum Gasteiger partial charge on any atom is 0.341 e. The van der Waals surface area contributed by atoms with Crippen molar-refractivity contribution in [3.05, 3.63) is 24.3 Å². The molecule has 1 aromatic carbocycles. The van der Waals surface area contributed by atoms with Gasteiger partial charge in [0.25, 0.3) is 0 Å². The summed E-state index contributed by atoms with van der Waals surface area (Å²) in [6.45, 7) is 5.14. The van der Waals surface area contributed by atoms with Gasteiger partial charge in [0.1, 0.15) is 0 Å². The summed E-state index contributed by atoms with van der Waals surface area (Å²) in [4.78, 5) is -0.349. The summed E-state index contributed by atoms with van der Waals surface area (Å²) in [5, 5.41) is 3.14. The summed E-state index contributed by atoms with van der Waals surface area (Å²) in [6.07, 6.45) is 3.32. The number of rotatable bonds is 8. The molecule has 1 aromatic rings. The predicted molar refractivity (Wildman–Crippen MR) is 76.8 cm³/mol. The molecule has 0 aliphatic heterocycles. The molecule has 20 heavy (non-hydrogen) atoms. The molecule has 1 rings (SSSR count). The quantitative estimate of drug-likeness (QED) is 0.740. The van der Waals surface area contributed by atoms with Crippen LogP contribution in [0.1, 0.15) is 33.1 Å². The molecule has 3 nitrogen and oxygen atoms in total. The van der Waals surface area contributed by atoms with Crippen LogP contribution in [0.5, 0.6) is 0 Å². The minimum atomic E-state index is -4.49. The molecular formula is C14H21F2NO2S. The first-order valence-corrected chi connectivity index (χ1v) is 8.24. The topological polar surface area (TPSA) is 46.2 Å². The van der Waals surface area contributed by atoms with Crippen LogP contribution in [0.25, 0.3) is 0 Å². The smallest absolute Gasteiger partial charge is 0.341 e. The molecule has 0 unspecified atom stereocenters. The van der Waals surface area contributed by atoms with Crippen molar-refractivity contribution in [3.63, 3.8) is 0 Å². The Bertz CT molecular complexity index is 498. The van der Waals surface area contributed by atoms with Gasteiger partial charge in [0.05, 0.1) is 4.90 Å². The lowest BCUT2D eigenvalue weighted by molar-refractivity contribution is 0.234. The van der Waals surface area contributed by atoms with Gasteiger partial charge >= 0.3 is 5.76 Å². The van der Waals surface area contributed by atoms with Crippen LogP contribution in [-0.2, 0) is 9.84 Å². The molecule has 1 N–H and O–H groups in total. The second-order valence-corrected chi connectivity index (χ2v) is 7.06. The first-order valence-electron chi connectivity index (χ1n) is 6.70. The number of hydrogen-bond donors (Lipinski definition) is 1. The Morgan fingerprint density at radius 1 is 1.10 bits per heavy atom. The zero-order chi connectivity index (χ0) is 15.2. The Hall–Kier alpha value is -1.17. The number of benzene rings is 1. The summed E-state index contributed by atoms with van der Waals surface area (Å²) < 4.78 is 47.2. The van der Waals surface area contributed by atoms with Gasteiger partial charge in [-0.1, -0.05) is 26.7 Å². The summed E-state index contributed by atoms with van der Waals surface area (Å²) in [6, 6.07) is 5.44. The Morgan fingerprint density at radius 3 is 2.20 bits per heavy atom. The van der Waals surface area contributed by atoms with Gasteiger partial charge in [-0.25, -0.2) is 8.42 Å². The first kappa shape index (κ1) is 16.9. The average molecular weight is 305 g/mol. The third-order valence-corrected chi connectivity index (χ3v) is 4.35. The van der Waals surface area contributed by atoms with Crippen molar-refractivity contribution < 1.29 is 17.2 Å². The van der Waals surface area contributed by atoms with Crippen molar-refractivity contribution in [2.75, 3.05) is 11.9 Å². The molecule has 0 aliphatic rings. The number of alkyl halides is 2. The highest BCUT2D eigenvalue weighted by Gasteiger charge is 2.26. The highest BCUT2D eigenvalue weighted by molar-refractivity contribution is 7.91. The molecule has 0 bridgehead atoms. The standard InChI is InChI=1S/C14H21F2NO2S/c1-11(2)5-3-4-10-17-12-6-8-13(9-7-12)20(18,19)14(15)16/h6-9,11,14,17H,3-5,10H2,1-2H3. The van der Waals surface area contributed by atoms with Gasteiger partial charge in [-0.05, 0) is 36.6 Å².